The quantitative estimate of drug-likeness (QED) is 0.594. The SMILES string of the molecule is NC(=O)N1CCCC2CC=CN=C21. The Balaban J connectivity index is 2.24. The number of hydrogen-bond acceptors (Lipinski definition) is 2. The number of nitrogens with two attached hydrogens (primary N) is 1. The number of rotatable bonds is 0. The van der Waals surface area contributed by atoms with Gasteiger partial charge < -0.3 is 5.73 Å². The monoisotopic (exact) mass is 179 g/mol. The molecule has 0 saturated carbocycles. The summed E-state index contributed by atoms with van der Waals surface area (Å²) in [7, 11) is 0. The predicted octanol–water partition coefficient (Wildman–Crippen LogP) is 1.09. The third-order valence-corrected chi connectivity index (χ3v) is 2.57. The van der Waals surface area contributed by atoms with E-state index < -0.39 is 0 Å². The van der Waals surface area contributed by atoms with Gasteiger partial charge in [0.2, 0.25) is 0 Å². The Kier molecular flexibility index (Phi) is 2.04. The summed E-state index contributed by atoms with van der Waals surface area (Å²) in [6, 6.07) is -0.376. The van der Waals surface area contributed by atoms with Gasteiger partial charge in [-0.05, 0) is 19.3 Å². The van der Waals surface area contributed by atoms with E-state index in [4.69, 9.17) is 5.73 Å². The number of urea groups is 1. The smallest absolute Gasteiger partial charge is 0.320 e. The zero-order valence-corrected chi connectivity index (χ0v) is 7.44. The van der Waals surface area contributed by atoms with Crippen molar-refractivity contribution in [1.82, 2.24) is 4.90 Å². The van der Waals surface area contributed by atoms with Crippen LogP contribution in [0.3, 0.4) is 0 Å². The van der Waals surface area contributed by atoms with Crippen LogP contribution < -0.4 is 5.73 Å². The van der Waals surface area contributed by atoms with Crippen LogP contribution >= 0.6 is 0 Å². The van der Waals surface area contributed by atoms with Crippen LogP contribution in [0.15, 0.2) is 17.3 Å². The summed E-state index contributed by atoms with van der Waals surface area (Å²) in [6.45, 7) is 0.721. The summed E-state index contributed by atoms with van der Waals surface area (Å²) in [4.78, 5) is 16.9. The highest BCUT2D eigenvalue weighted by molar-refractivity contribution is 5.99. The van der Waals surface area contributed by atoms with E-state index >= 15 is 0 Å². The second-order valence-electron chi connectivity index (χ2n) is 3.44. The number of allylic oxidation sites excluding steroid dienone is 1. The lowest BCUT2D eigenvalue weighted by Gasteiger charge is -2.33. The number of nitrogens with zero attached hydrogens (tertiary/aromatic N) is 2. The van der Waals surface area contributed by atoms with Crippen molar-refractivity contribution in [3.05, 3.63) is 12.3 Å². The van der Waals surface area contributed by atoms with E-state index in [1.54, 1.807) is 11.1 Å². The Bertz CT molecular complexity index is 283. The molecule has 0 aromatic heterocycles. The van der Waals surface area contributed by atoms with Crippen molar-refractivity contribution in [3.8, 4) is 0 Å². The molecule has 2 aliphatic rings. The molecular weight excluding hydrogens is 166 g/mol. The van der Waals surface area contributed by atoms with Crippen LogP contribution in [-0.4, -0.2) is 23.3 Å². The van der Waals surface area contributed by atoms with Crippen LogP contribution in [0.5, 0.6) is 0 Å². The minimum absolute atomic E-state index is 0.376. The van der Waals surface area contributed by atoms with Gasteiger partial charge in [0.05, 0.1) is 0 Å². The Morgan fingerprint density at radius 3 is 3.31 bits per heavy atom. The number of primary amides is 1. The molecule has 4 heteroatoms. The molecule has 4 nitrogen and oxygen atoms in total. The second-order valence-corrected chi connectivity index (χ2v) is 3.44. The highest BCUT2D eigenvalue weighted by atomic mass is 16.2. The molecule has 1 unspecified atom stereocenters. The van der Waals surface area contributed by atoms with E-state index in [0.717, 1.165) is 31.6 Å². The zero-order valence-electron chi connectivity index (χ0n) is 7.44. The summed E-state index contributed by atoms with van der Waals surface area (Å²) in [5.41, 5.74) is 5.26. The summed E-state index contributed by atoms with van der Waals surface area (Å²) < 4.78 is 0. The lowest BCUT2D eigenvalue weighted by atomic mass is 9.92. The van der Waals surface area contributed by atoms with Gasteiger partial charge in [-0.1, -0.05) is 6.08 Å². The Labute approximate surface area is 77.1 Å². The van der Waals surface area contributed by atoms with Crippen LogP contribution in [0.1, 0.15) is 19.3 Å². The number of fused-ring (bicyclic) bond motifs is 1. The molecule has 0 radical (unpaired) electrons. The Morgan fingerprint density at radius 2 is 2.54 bits per heavy atom. The maximum Gasteiger partial charge on any atom is 0.320 e. The topological polar surface area (TPSA) is 58.7 Å². The number of hydrogen-bond donors (Lipinski definition) is 1. The highest BCUT2D eigenvalue weighted by Crippen LogP contribution is 2.25. The van der Waals surface area contributed by atoms with Gasteiger partial charge >= 0.3 is 6.03 Å². The average molecular weight is 179 g/mol. The van der Waals surface area contributed by atoms with E-state index in [2.05, 4.69) is 4.99 Å². The standard InChI is InChI=1S/C9H13N3O/c10-9(13)12-6-2-4-7-3-1-5-11-8(7)12/h1,5,7H,2-4,6H2,(H2,10,13). The summed E-state index contributed by atoms with van der Waals surface area (Å²) in [5, 5.41) is 0. The van der Waals surface area contributed by atoms with E-state index in [-0.39, 0.29) is 6.03 Å². The highest BCUT2D eigenvalue weighted by Gasteiger charge is 2.29. The molecule has 2 heterocycles. The van der Waals surface area contributed by atoms with Crippen LogP contribution in [0, 0.1) is 5.92 Å². The van der Waals surface area contributed by atoms with Gasteiger partial charge in [0.15, 0.2) is 0 Å². The molecule has 2 rings (SSSR count). The van der Waals surface area contributed by atoms with Gasteiger partial charge in [-0.3, -0.25) is 4.90 Å². The molecule has 1 fully saturated rings. The number of amides is 2. The van der Waals surface area contributed by atoms with Gasteiger partial charge in [-0.15, -0.1) is 0 Å². The summed E-state index contributed by atoms with van der Waals surface area (Å²) in [6.07, 6.45) is 6.93. The first-order valence-electron chi connectivity index (χ1n) is 4.58. The fraction of sp³-hybridized carbons (Fsp3) is 0.556. The second kappa shape index (κ2) is 3.20. The van der Waals surface area contributed by atoms with E-state index in [1.165, 1.54) is 0 Å². The van der Waals surface area contributed by atoms with Crippen LogP contribution in [0.25, 0.3) is 0 Å². The number of aliphatic imine (C=N–C) groups is 1. The number of carbonyl (C=O) groups is 1. The van der Waals surface area contributed by atoms with Gasteiger partial charge in [-0.2, -0.15) is 0 Å². The third kappa shape index (κ3) is 1.43. The molecule has 2 amide bonds. The maximum atomic E-state index is 11.1. The maximum absolute atomic E-state index is 11.1. The molecule has 0 spiro atoms. The lowest BCUT2D eigenvalue weighted by molar-refractivity contribution is 0.222. The first-order chi connectivity index (χ1) is 6.29. The fourth-order valence-electron chi connectivity index (χ4n) is 1.94. The largest absolute Gasteiger partial charge is 0.351 e. The van der Waals surface area contributed by atoms with Crippen molar-refractivity contribution in [2.45, 2.75) is 19.3 Å². The van der Waals surface area contributed by atoms with Crippen molar-refractivity contribution >= 4 is 11.9 Å². The predicted molar refractivity (Wildman–Crippen MR) is 50.2 cm³/mol. The van der Waals surface area contributed by atoms with E-state index in [1.807, 2.05) is 6.08 Å². The number of amidine groups is 1. The third-order valence-electron chi connectivity index (χ3n) is 2.57. The Morgan fingerprint density at radius 1 is 1.69 bits per heavy atom. The lowest BCUT2D eigenvalue weighted by Crippen LogP contribution is -2.47. The molecule has 1 saturated heterocycles. The molecule has 0 bridgehead atoms. The molecule has 0 aromatic carbocycles. The van der Waals surface area contributed by atoms with Crippen LogP contribution in [0.4, 0.5) is 4.79 Å². The first-order valence-corrected chi connectivity index (χ1v) is 4.58. The molecule has 70 valence electrons. The normalized spacial score (nSPS) is 26.6. The summed E-state index contributed by atoms with van der Waals surface area (Å²) >= 11 is 0. The number of piperidine rings is 1. The Hall–Kier alpha value is -1.32. The van der Waals surface area contributed by atoms with E-state index in [0.29, 0.717) is 5.92 Å². The molecule has 0 aliphatic carbocycles. The number of likely N-dealkylation sites (tertiary alicyclic amines) is 1. The minimum atomic E-state index is -0.376. The molecule has 2 aliphatic heterocycles. The molecule has 13 heavy (non-hydrogen) atoms. The van der Waals surface area contributed by atoms with Crippen molar-refractivity contribution in [2.75, 3.05) is 6.54 Å². The minimum Gasteiger partial charge on any atom is -0.351 e. The zero-order chi connectivity index (χ0) is 9.26. The van der Waals surface area contributed by atoms with Gasteiger partial charge in [-0.25, -0.2) is 9.79 Å². The molecule has 0 aromatic rings. The summed E-state index contributed by atoms with van der Waals surface area (Å²) in [5.74, 6) is 1.27. The van der Waals surface area contributed by atoms with Gasteiger partial charge in [0, 0.05) is 18.7 Å². The van der Waals surface area contributed by atoms with Gasteiger partial charge in [0.1, 0.15) is 5.84 Å². The van der Waals surface area contributed by atoms with Crippen molar-refractivity contribution in [1.29, 1.82) is 0 Å². The molecular formula is C9H13N3O. The van der Waals surface area contributed by atoms with E-state index in [9.17, 15) is 4.79 Å². The molecule has 2 N–H and O–H groups in total. The average Bonchev–Trinajstić information content (AvgIpc) is 2.17. The van der Waals surface area contributed by atoms with Crippen molar-refractivity contribution in [2.24, 2.45) is 16.6 Å². The first kappa shape index (κ1) is 8.29. The molecule has 1 atom stereocenters. The van der Waals surface area contributed by atoms with Crippen molar-refractivity contribution in [3.63, 3.8) is 0 Å². The fourth-order valence-corrected chi connectivity index (χ4v) is 1.94. The van der Waals surface area contributed by atoms with Gasteiger partial charge in [0.25, 0.3) is 0 Å². The number of carbonyl (C=O) groups excluding carboxylic acids is 1. The van der Waals surface area contributed by atoms with Crippen LogP contribution in [-0.2, 0) is 0 Å². The van der Waals surface area contributed by atoms with Crippen LogP contribution in [0.2, 0.25) is 0 Å². The van der Waals surface area contributed by atoms with Crippen molar-refractivity contribution < 1.29 is 4.79 Å².